The van der Waals surface area contributed by atoms with Crippen LogP contribution in [0.3, 0.4) is 0 Å². The number of hydrogen-bond donors (Lipinski definition) is 2. The molecular formula is C12H16O2. The van der Waals surface area contributed by atoms with Crippen LogP contribution in [0.4, 0.5) is 0 Å². The van der Waals surface area contributed by atoms with Gasteiger partial charge in [-0.25, -0.2) is 0 Å². The molecule has 0 radical (unpaired) electrons. The maximum atomic E-state index is 9.89. The van der Waals surface area contributed by atoms with E-state index >= 15 is 0 Å². The van der Waals surface area contributed by atoms with E-state index in [0.29, 0.717) is 6.42 Å². The topological polar surface area (TPSA) is 40.5 Å². The Morgan fingerprint density at radius 1 is 1.29 bits per heavy atom. The number of rotatable bonds is 3. The first kappa shape index (κ1) is 9.69. The summed E-state index contributed by atoms with van der Waals surface area (Å²) in [6.07, 6.45) is 2.48. The summed E-state index contributed by atoms with van der Waals surface area (Å²) in [5, 5.41) is 19.3. The smallest absolute Gasteiger partial charge is 0.0909 e. The molecule has 1 fully saturated rings. The minimum atomic E-state index is -0.810. The molecule has 0 aromatic heterocycles. The average Bonchev–Trinajstić information content (AvgIpc) is 2.25. The fraction of sp³-hybridized carbons (Fsp3) is 0.500. The molecule has 2 rings (SSSR count). The number of aryl methyl sites for hydroxylation is 1. The first-order chi connectivity index (χ1) is 6.71. The molecule has 2 N–H and O–H groups in total. The van der Waals surface area contributed by atoms with Crippen molar-refractivity contribution in [2.45, 2.75) is 37.4 Å². The zero-order valence-corrected chi connectivity index (χ0v) is 8.19. The van der Waals surface area contributed by atoms with E-state index in [-0.39, 0.29) is 0 Å². The Hall–Kier alpha value is -0.860. The highest BCUT2D eigenvalue weighted by atomic mass is 16.3. The van der Waals surface area contributed by atoms with Crippen LogP contribution in [0.2, 0.25) is 0 Å². The van der Waals surface area contributed by atoms with Crippen molar-refractivity contribution >= 4 is 0 Å². The number of hydrogen-bond acceptors (Lipinski definition) is 2. The van der Waals surface area contributed by atoms with Crippen molar-refractivity contribution in [1.82, 2.24) is 0 Å². The molecule has 0 bridgehead atoms. The Kier molecular flexibility index (Phi) is 2.57. The van der Waals surface area contributed by atoms with Gasteiger partial charge in [0.25, 0.3) is 0 Å². The van der Waals surface area contributed by atoms with Crippen molar-refractivity contribution in [3.8, 4) is 0 Å². The van der Waals surface area contributed by atoms with E-state index in [2.05, 4.69) is 12.1 Å². The zero-order chi connectivity index (χ0) is 10.0. The fourth-order valence-electron chi connectivity index (χ4n) is 1.90. The summed E-state index contributed by atoms with van der Waals surface area (Å²) in [7, 11) is 0. The summed E-state index contributed by atoms with van der Waals surface area (Å²) >= 11 is 0. The van der Waals surface area contributed by atoms with Gasteiger partial charge in [-0.05, 0) is 31.2 Å². The maximum absolute atomic E-state index is 9.89. The molecule has 0 unspecified atom stereocenters. The summed E-state index contributed by atoms with van der Waals surface area (Å²) in [5.41, 5.74) is 0.413. The highest BCUT2D eigenvalue weighted by Crippen LogP contribution is 2.35. The quantitative estimate of drug-likeness (QED) is 0.762. The first-order valence-corrected chi connectivity index (χ1v) is 5.15. The predicted molar refractivity (Wildman–Crippen MR) is 55.0 cm³/mol. The fourth-order valence-corrected chi connectivity index (χ4v) is 1.90. The molecule has 1 saturated carbocycles. The summed E-state index contributed by atoms with van der Waals surface area (Å²) in [6, 6.07) is 10.1. The Labute approximate surface area is 84.2 Å². The van der Waals surface area contributed by atoms with Gasteiger partial charge in [-0.2, -0.15) is 0 Å². The molecule has 1 aromatic rings. The van der Waals surface area contributed by atoms with Crippen LogP contribution in [0.25, 0.3) is 0 Å². The van der Waals surface area contributed by atoms with Crippen LogP contribution in [0.15, 0.2) is 30.3 Å². The van der Waals surface area contributed by atoms with Crippen LogP contribution < -0.4 is 0 Å². The molecule has 2 nitrogen and oxygen atoms in total. The highest BCUT2D eigenvalue weighted by molar-refractivity contribution is 5.15. The van der Waals surface area contributed by atoms with Gasteiger partial charge in [0.05, 0.1) is 11.7 Å². The van der Waals surface area contributed by atoms with Crippen molar-refractivity contribution < 1.29 is 10.2 Å². The van der Waals surface area contributed by atoms with E-state index in [4.69, 9.17) is 0 Å². The maximum Gasteiger partial charge on any atom is 0.0909 e. The Bertz CT molecular complexity index is 296. The highest BCUT2D eigenvalue weighted by Gasteiger charge is 2.43. The van der Waals surface area contributed by atoms with Crippen LogP contribution in [-0.4, -0.2) is 21.9 Å². The molecule has 1 aliphatic rings. The van der Waals surface area contributed by atoms with Gasteiger partial charge in [0, 0.05) is 0 Å². The molecule has 0 amide bonds. The van der Waals surface area contributed by atoms with Crippen LogP contribution in [0, 0.1) is 0 Å². The Morgan fingerprint density at radius 3 is 2.50 bits per heavy atom. The van der Waals surface area contributed by atoms with Gasteiger partial charge in [0.2, 0.25) is 0 Å². The lowest BCUT2D eigenvalue weighted by molar-refractivity contribution is -0.148. The second-order valence-electron chi connectivity index (χ2n) is 4.14. The van der Waals surface area contributed by atoms with Gasteiger partial charge in [0.1, 0.15) is 0 Å². The third-order valence-electron chi connectivity index (χ3n) is 3.16. The second kappa shape index (κ2) is 3.71. The lowest BCUT2D eigenvalue weighted by Crippen LogP contribution is -2.51. The van der Waals surface area contributed by atoms with Crippen LogP contribution in [-0.2, 0) is 6.42 Å². The standard InChI is InChI=1S/C12H16O2/c13-11-7-9-12(11,14)8-6-10-4-2-1-3-5-10/h1-5,11,13-14H,6-9H2/t11-,12+/m0/s1. The zero-order valence-electron chi connectivity index (χ0n) is 8.19. The van der Waals surface area contributed by atoms with Crippen LogP contribution in [0.1, 0.15) is 24.8 Å². The molecule has 0 aliphatic heterocycles. The van der Waals surface area contributed by atoms with Crippen molar-refractivity contribution in [3.63, 3.8) is 0 Å². The Balaban J connectivity index is 1.89. The molecule has 1 aromatic carbocycles. The lowest BCUT2D eigenvalue weighted by atomic mass is 9.73. The lowest BCUT2D eigenvalue weighted by Gasteiger charge is -2.42. The molecule has 2 atom stereocenters. The Morgan fingerprint density at radius 2 is 2.00 bits per heavy atom. The monoisotopic (exact) mass is 192 g/mol. The van der Waals surface area contributed by atoms with Crippen LogP contribution >= 0.6 is 0 Å². The third kappa shape index (κ3) is 1.81. The van der Waals surface area contributed by atoms with Gasteiger partial charge in [-0.1, -0.05) is 30.3 Å². The van der Waals surface area contributed by atoms with E-state index in [9.17, 15) is 10.2 Å². The molecular weight excluding hydrogens is 176 g/mol. The molecule has 1 aliphatic carbocycles. The molecule has 76 valence electrons. The molecule has 14 heavy (non-hydrogen) atoms. The van der Waals surface area contributed by atoms with E-state index in [1.807, 2.05) is 18.2 Å². The summed E-state index contributed by atoms with van der Waals surface area (Å²) in [4.78, 5) is 0. The summed E-state index contributed by atoms with van der Waals surface area (Å²) in [6.45, 7) is 0. The van der Waals surface area contributed by atoms with E-state index in [0.717, 1.165) is 19.3 Å². The number of benzene rings is 1. The predicted octanol–water partition coefficient (Wildman–Crippen LogP) is 1.50. The molecule has 2 heteroatoms. The first-order valence-electron chi connectivity index (χ1n) is 5.15. The third-order valence-corrected chi connectivity index (χ3v) is 3.16. The number of aliphatic hydroxyl groups excluding tert-OH is 1. The van der Waals surface area contributed by atoms with Crippen LogP contribution in [0.5, 0.6) is 0 Å². The van der Waals surface area contributed by atoms with E-state index < -0.39 is 11.7 Å². The SMILES string of the molecule is O[C@H]1CC[C@]1(O)CCc1ccccc1. The van der Waals surface area contributed by atoms with Crippen molar-refractivity contribution in [2.24, 2.45) is 0 Å². The largest absolute Gasteiger partial charge is 0.390 e. The second-order valence-corrected chi connectivity index (χ2v) is 4.14. The van der Waals surface area contributed by atoms with Gasteiger partial charge >= 0.3 is 0 Å². The van der Waals surface area contributed by atoms with Crippen molar-refractivity contribution in [3.05, 3.63) is 35.9 Å². The molecule has 0 saturated heterocycles. The molecule has 0 spiro atoms. The number of aliphatic hydroxyl groups is 2. The van der Waals surface area contributed by atoms with E-state index in [1.165, 1.54) is 5.56 Å². The van der Waals surface area contributed by atoms with Gasteiger partial charge in [0.15, 0.2) is 0 Å². The van der Waals surface area contributed by atoms with Gasteiger partial charge in [-0.3, -0.25) is 0 Å². The van der Waals surface area contributed by atoms with Gasteiger partial charge < -0.3 is 10.2 Å². The normalized spacial score (nSPS) is 31.1. The van der Waals surface area contributed by atoms with E-state index in [1.54, 1.807) is 0 Å². The van der Waals surface area contributed by atoms with Crippen molar-refractivity contribution in [1.29, 1.82) is 0 Å². The summed E-state index contributed by atoms with van der Waals surface area (Å²) in [5.74, 6) is 0. The van der Waals surface area contributed by atoms with Crippen molar-refractivity contribution in [2.75, 3.05) is 0 Å². The summed E-state index contributed by atoms with van der Waals surface area (Å²) < 4.78 is 0. The average molecular weight is 192 g/mol. The molecule has 0 heterocycles. The minimum absolute atomic E-state index is 0.508. The minimum Gasteiger partial charge on any atom is -0.390 e. The van der Waals surface area contributed by atoms with Gasteiger partial charge in [-0.15, -0.1) is 0 Å².